The van der Waals surface area contributed by atoms with E-state index in [1.165, 1.54) is 29.9 Å². The smallest absolute Gasteiger partial charge is 0.345 e. The number of carbonyl (C=O) groups is 2. The lowest BCUT2D eigenvalue weighted by Crippen LogP contribution is -2.26. The van der Waals surface area contributed by atoms with Gasteiger partial charge in [0.1, 0.15) is 0 Å². The minimum absolute atomic E-state index is 0.111. The molecule has 1 unspecified atom stereocenters. The standard InChI is InChI=1S/C20H18F3N3O2S/c1-11(25-19(28)18-8-7-17(29-18)13(3)27)16-10-24-26(12(16)2)15-6-4-5-14(9-15)20(21,22)23/h4-11H,1-3H3,(H,25,28). The van der Waals surface area contributed by atoms with Crippen molar-refractivity contribution in [2.24, 2.45) is 0 Å². The zero-order chi connectivity index (χ0) is 21.3. The van der Waals surface area contributed by atoms with Gasteiger partial charge in [0.05, 0.1) is 33.2 Å². The Hall–Kier alpha value is -2.94. The van der Waals surface area contributed by atoms with Crippen LogP contribution in [0.2, 0.25) is 0 Å². The number of amides is 1. The van der Waals surface area contributed by atoms with Crippen molar-refractivity contribution in [3.8, 4) is 5.69 Å². The van der Waals surface area contributed by atoms with Crippen molar-refractivity contribution in [1.82, 2.24) is 15.1 Å². The maximum absolute atomic E-state index is 13.0. The van der Waals surface area contributed by atoms with Gasteiger partial charge in [-0.25, -0.2) is 4.68 Å². The Kier molecular flexibility index (Phi) is 5.61. The molecule has 0 aliphatic rings. The van der Waals surface area contributed by atoms with E-state index in [1.54, 1.807) is 26.0 Å². The van der Waals surface area contributed by atoms with Crippen LogP contribution in [-0.2, 0) is 6.18 Å². The second-order valence-corrected chi connectivity index (χ2v) is 7.64. The van der Waals surface area contributed by atoms with Crippen LogP contribution in [0.25, 0.3) is 5.69 Å². The van der Waals surface area contributed by atoms with E-state index in [-0.39, 0.29) is 17.4 Å². The molecular formula is C20H18F3N3O2S. The molecule has 0 aliphatic carbocycles. The van der Waals surface area contributed by atoms with E-state index in [0.717, 1.165) is 23.5 Å². The number of Topliss-reactive ketones (excluding diaryl/α,β-unsaturated/α-hetero) is 1. The van der Waals surface area contributed by atoms with Crippen LogP contribution in [0.5, 0.6) is 0 Å². The maximum Gasteiger partial charge on any atom is 0.416 e. The highest BCUT2D eigenvalue weighted by atomic mass is 32.1. The van der Waals surface area contributed by atoms with Crippen molar-refractivity contribution < 1.29 is 22.8 Å². The van der Waals surface area contributed by atoms with Gasteiger partial charge in [-0.1, -0.05) is 6.07 Å². The van der Waals surface area contributed by atoms with Gasteiger partial charge in [-0.3, -0.25) is 9.59 Å². The summed E-state index contributed by atoms with van der Waals surface area (Å²) >= 11 is 1.11. The molecule has 1 N–H and O–H groups in total. The molecule has 1 aromatic carbocycles. The van der Waals surface area contributed by atoms with Crippen molar-refractivity contribution in [3.05, 3.63) is 69.2 Å². The number of carbonyl (C=O) groups excluding carboxylic acids is 2. The topological polar surface area (TPSA) is 64.0 Å². The van der Waals surface area contributed by atoms with E-state index in [2.05, 4.69) is 10.4 Å². The van der Waals surface area contributed by atoms with Crippen LogP contribution in [0.15, 0.2) is 42.6 Å². The highest BCUT2D eigenvalue weighted by molar-refractivity contribution is 7.15. The van der Waals surface area contributed by atoms with Crippen LogP contribution in [0, 0.1) is 6.92 Å². The molecule has 0 bridgehead atoms. The van der Waals surface area contributed by atoms with Gasteiger partial charge in [0.15, 0.2) is 5.78 Å². The summed E-state index contributed by atoms with van der Waals surface area (Å²) in [6, 6.07) is 7.66. The lowest BCUT2D eigenvalue weighted by Gasteiger charge is -2.14. The molecular weight excluding hydrogens is 403 g/mol. The van der Waals surface area contributed by atoms with Gasteiger partial charge in [-0.2, -0.15) is 18.3 Å². The summed E-state index contributed by atoms with van der Waals surface area (Å²) in [4.78, 5) is 24.7. The number of nitrogens with zero attached hydrogens (tertiary/aromatic N) is 2. The number of rotatable bonds is 5. The molecule has 0 radical (unpaired) electrons. The van der Waals surface area contributed by atoms with Crippen molar-refractivity contribution in [1.29, 1.82) is 0 Å². The summed E-state index contributed by atoms with van der Waals surface area (Å²) in [5, 5.41) is 7.03. The monoisotopic (exact) mass is 421 g/mol. The Morgan fingerprint density at radius 1 is 1.17 bits per heavy atom. The molecule has 2 aromatic heterocycles. The molecule has 5 nitrogen and oxygen atoms in total. The Morgan fingerprint density at radius 2 is 1.86 bits per heavy atom. The van der Waals surface area contributed by atoms with Gasteiger partial charge in [-0.05, 0) is 51.1 Å². The first-order valence-corrected chi connectivity index (χ1v) is 9.53. The van der Waals surface area contributed by atoms with Gasteiger partial charge >= 0.3 is 6.18 Å². The highest BCUT2D eigenvalue weighted by Gasteiger charge is 2.30. The van der Waals surface area contributed by atoms with E-state index in [9.17, 15) is 22.8 Å². The normalized spacial score (nSPS) is 12.6. The van der Waals surface area contributed by atoms with Crippen molar-refractivity contribution in [2.45, 2.75) is 33.0 Å². The Balaban J connectivity index is 1.81. The van der Waals surface area contributed by atoms with Crippen molar-refractivity contribution in [3.63, 3.8) is 0 Å². The SMILES string of the molecule is CC(=O)c1ccc(C(=O)NC(C)c2cnn(-c3cccc(C(F)(F)F)c3)c2C)s1. The largest absolute Gasteiger partial charge is 0.416 e. The summed E-state index contributed by atoms with van der Waals surface area (Å²) in [7, 11) is 0. The third-order valence-electron chi connectivity index (χ3n) is 4.46. The Bertz CT molecular complexity index is 1070. The molecule has 29 heavy (non-hydrogen) atoms. The fourth-order valence-corrected chi connectivity index (χ4v) is 3.72. The van der Waals surface area contributed by atoms with Crippen molar-refractivity contribution in [2.75, 3.05) is 0 Å². The second kappa shape index (κ2) is 7.82. The number of nitrogens with one attached hydrogen (secondary N) is 1. The van der Waals surface area contributed by atoms with E-state index >= 15 is 0 Å². The number of hydrogen-bond acceptors (Lipinski definition) is 4. The number of halogens is 3. The van der Waals surface area contributed by atoms with Crippen LogP contribution in [0.3, 0.4) is 0 Å². The molecule has 152 valence electrons. The third kappa shape index (κ3) is 4.40. The predicted molar refractivity (Wildman–Crippen MR) is 104 cm³/mol. The number of hydrogen-bond donors (Lipinski definition) is 1. The number of ketones is 1. The summed E-state index contributed by atoms with van der Waals surface area (Å²) < 4.78 is 40.3. The minimum Gasteiger partial charge on any atom is -0.345 e. The fraction of sp³-hybridized carbons (Fsp3) is 0.250. The molecule has 0 saturated carbocycles. The molecule has 3 aromatic rings. The van der Waals surface area contributed by atoms with Crippen LogP contribution < -0.4 is 5.32 Å². The molecule has 2 heterocycles. The zero-order valence-corrected chi connectivity index (χ0v) is 16.7. The molecule has 9 heteroatoms. The number of alkyl halides is 3. The van der Waals surface area contributed by atoms with Gasteiger partial charge in [0.2, 0.25) is 0 Å². The van der Waals surface area contributed by atoms with Gasteiger partial charge in [0, 0.05) is 11.3 Å². The average molecular weight is 421 g/mol. The van der Waals surface area contributed by atoms with Gasteiger partial charge in [0.25, 0.3) is 5.91 Å². The summed E-state index contributed by atoms with van der Waals surface area (Å²) in [6.07, 6.45) is -2.92. The van der Waals surface area contributed by atoms with Crippen LogP contribution in [0.4, 0.5) is 13.2 Å². The zero-order valence-electron chi connectivity index (χ0n) is 15.9. The average Bonchev–Trinajstić information content (AvgIpc) is 3.28. The number of thiophene rings is 1. The molecule has 0 fully saturated rings. The molecule has 0 aliphatic heterocycles. The number of benzene rings is 1. The van der Waals surface area contributed by atoms with E-state index in [1.807, 2.05) is 0 Å². The third-order valence-corrected chi connectivity index (χ3v) is 5.64. The molecule has 0 saturated heterocycles. The minimum atomic E-state index is -4.44. The molecule has 1 amide bonds. The van der Waals surface area contributed by atoms with Crippen LogP contribution >= 0.6 is 11.3 Å². The van der Waals surface area contributed by atoms with Crippen LogP contribution in [-0.4, -0.2) is 21.5 Å². The summed E-state index contributed by atoms with van der Waals surface area (Å²) in [5.41, 5.74) is 0.824. The molecule has 0 spiro atoms. The van der Waals surface area contributed by atoms with Gasteiger partial charge in [-0.15, -0.1) is 11.3 Å². The lowest BCUT2D eigenvalue weighted by molar-refractivity contribution is -0.137. The van der Waals surface area contributed by atoms with Crippen LogP contribution in [0.1, 0.15) is 56.1 Å². The quantitative estimate of drug-likeness (QED) is 0.593. The summed E-state index contributed by atoms with van der Waals surface area (Å²) in [5.74, 6) is -0.443. The maximum atomic E-state index is 13.0. The first-order chi connectivity index (χ1) is 13.6. The molecule has 3 rings (SSSR count). The van der Waals surface area contributed by atoms with E-state index in [0.29, 0.717) is 21.0 Å². The second-order valence-electron chi connectivity index (χ2n) is 6.56. The van der Waals surface area contributed by atoms with E-state index in [4.69, 9.17) is 0 Å². The number of aromatic nitrogens is 2. The summed E-state index contributed by atoms with van der Waals surface area (Å²) in [6.45, 7) is 4.92. The van der Waals surface area contributed by atoms with E-state index < -0.39 is 17.8 Å². The Morgan fingerprint density at radius 3 is 2.48 bits per heavy atom. The van der Waals surface area contributed by atoms with Crippen molar-refractivity contribution >= 4 is 23.0 Å². The van der Waals surface area contributed by atoms with Gasteiger partial charge < -0.3 is 5.32 Å². The first-order valence-electron chi connectivity index (χ1n) is 8.71. The lowest BCUT2D eigenvalue weighted by atomic mass is 10.1. The predicted octanol–water partition coefficient (Wildman–Crippen LogP) is 4.95. The fourth-order valence-electron chi connectivity index (χ4n) is 2.92. The Labute approximate surface area is 169 Å². The first kappa shape index (κ1) is 20.8. The highest BCUT2D eigenvalue weighted by Crippen LogP contribution is 2.31. The molecule has 1 atom stereocenters.